The zero-order valence-corrected chi connectivity index (χ0v) is 15.3. The van der Waals surface area contributed by atoms with Gasteiger partial charge in [-0.1, -0.05) is 48.4 Å². The first-order chi connectivity index (χ1) is 12.1. The van der Waals surface area contributed by atoms with Gasteiger partial charge in [0, 0.05) is 18.7 Å². The van der Waals surface area contributed by atoms with E-state index in [1.54, 1.807) is 0 Å². The molecule has 0 bridgehead atoms. The van der Waals surface area contributed by atoms with E-state index in [4.69, 9.17) is 0 Å². The summed E-state index contributed by atoms with van der Waals surface area (Å²) in [5.41, 5.74) is 5.46. The monoisotopic (exact) mass is 336 g/mol. The largest absolute Gasteiger partial charge is 0.348 e. The second-order valence-electron chi connectivity index (χ2n) is 7.16. The predicted octanol–water partition coefficient (Wildman–Crippen LogP) is 4.22. The van der Waals surface area contributed by atoms with Gasteiger partial charge < -0.3 is 5.32 Å². The molecule has 3 rings (SSSR count). The highest BCUT2D eigenvalue weighted by atomic mass is 16.1. The predicted molar refractivity (Wildman–Crippen MR) is 103 cm³/mol. The van der Waals surface area contributed by atoms with Crippen LogP contribution in [-0.2, 0) is 13.1 Å². The van der Waals surface area contributed by atoms with E-state index in [0.29, 0.717) is 6.54 Å². The van der Waals surface area contributed by atoms with E-state index >= 15 is 0 Å². The Hall–Kier alpha value is -2.13. The van der Waals surface area contributed by atoms with Crippen molar-refractivity contribution in [1.82, 2.24) is 10.2 Å². The number of hydrogen-bond acceptors (Lipinski definition) is 2. The average molecular weight is 336 g/mol. The number of likely N-dealkylation sites (tertiary alicyclic amines) is 1. The van der Waals surface area contributed by atoms with E-state index in [-0.39, 0.29) is 5.91 Å². The molecule has 0 atom stereocenters. The third-order valence-electron chi connectivity index (χ3n) is 4.93. The molecule has 0 spiro atoms. The lowest BCUT2D eigenvalue weighted by Crippen LogP contribution is -2.29. The highest BCUT2D eigenvalue weighted by Crippen LogP contribution is 2.15. The minimum absolute atomic E-state index is 0.000987. The number of amides is 1. The summed E-state index contributed by atoms with van der Waals surface area (Å²) in [7, 11) is 0. The number of nitrogens with zero attached hydrogens (tertiary/aromatic N) is 1. The Balaban J connectivity index is 1.59. The third kappa shape index (κ3) is 4.93. The van der Waals surface area contributed by atoms with Gasteiger partial charge in [-0.15, -0.1) is 0 Å². The summed E-state index contributed by atoms with van der Waals surface area (Å²) in [6, 6.07) is 14.5. The Morgan fingerprint density at radius 1 is 1.00 bits per heavy atom. The molecule has 3 heteroatoms. The maximum atomic E-state index is 12.4. The molecule has 0 aromatic heterocycles. The van der Waals surface area contributed by atoms with Gasteiger partial charge in [0.1, 0.15) is 0 Å². The highest BCUT2D eigenvalue weighted by Gasteiger charge is 2.11. The second kappa shape index (κ2) is 8.30. The van der Waals surface area contributed by atoms with Gasteiger partial charge in [-0.05, 0) is 62.5 Å². The maximum Gasteiger partial charge on any atom is 0.251 e. The van der Waals surface area contributed by atoms with Crippen LogP contribution >= 0.6 is 0 Å². The van der Waals surface area contributed by atoms with Gasteiger partial charge in [-0.2, -0.15) is 0 Å². The van der Waals surface area contributed by atoms with Crippen molar-refractivity contribution < 1.29 is 4.79 Å². The zero-order chi connectivity index (χ0) is 17.6. The van der Waals surface area contributed by atoms with Crippen molar-refractivity contribution in [2.75, 3.05) is 13.1 Å². The van der Waals surface area contributed by atoms with Gasteiger partial charge >= 0.3 is 0 Å². The van der Waals surface area contributed by atoms with Gasteiger partial charge in [0.15, 0.2) is 0 Å². The molecule has 1 fully saturated rings. The molecule has 1 saturated heterocycles. The Morgan fingerprint density at radius 3 is 2.52 bits per heavy atom. The second-order valence-corrected chi connectivity index (χ2v) is 7.16. The molecule has 132 valence electrons. The van der Waals surface area contributed by atoms with Crippen LogP contribution in [0.2, 0.25) is 0 Å². The molecule has 0 radical (unpaired) electrons. The molecule has 25 heavy (non-hydrogen) atoms. The minimum Gasteiger partial charge on any atom is -0.348 e. The summed E-state index contributed by atoms with van der Waals surface area (Å²) in [5, 5.41) is 3.05. The van der Waals surface area contributed by atoms with Crippen LogP contribution in [0.5, 0.6) is 0 Å². The van der Waals surface area contributed by atoms with E-state index in [1.165, 1.54) is 43.5 Å². The van der Waals surface area contributed by atoms with E-state index in [1.807, 2.05) is 32.0 Å². The van der Waals surface area contributed by atoms with Gasteiger partial charge in [0.25, 0.3) is 5.91 Å². The molecule has 0 saturated carbocycles. The fourth-order valence-corrected chi connectivity index (χ4v) is 3.56. The maximum absolute atomic E-state index is 12.4. The van der Waals surface area contributed by atoms with Gasteiger partial charge in [-0.3, -0.25) is 9.69 Å². The lowest BCUT2D eigenvalue weighted by molar-refractivity contribution is 0.0950. The van der Waals surface area contributed by atoms with E-state index in [9.17, 15) is 4.79 Å². The fourth-order valence-electron chi connectivity index (χ4n) is 3.56. The number of nitrogens with one attached hydrogen (secondary N) is 1. The molecule has 1 aliphatic rings. The average Bonchev–Trinajstić information content (AvgIpc) is 2.61. The molecule has 1 N–H and O–H groups in total. The molecule has 0 aliphatic carbocycles. The van der Waals surface area contributed by atoms with E-state index in [0.717, 1.165) is 23.2 Å². The molecule has 2 aromatic carbocycles. The number of hydrogen-bond donors (Lipinski definition) is 1. The first kappa shape index (κ1) is 17.7. The Bertz CT molecular complexity index is 733. The lowest BCUT2D eigenvalue weighted by atomic mass is 10.0. The summed E-state index contributed by atoms with van der Waals surface area (Å²) >= 11 is 0. The minimum atomic E-state index is -0.000987. The molecular weight excluding hydrogens is 308 g/mol. The van der Waals surface area contributed by atoms with Crippen LogP contribution in [0.25, 0.3) is 0 Å². The number of carbonyl (C=O) groups excluding carboxylic acids is 1. The van der Waals surface area contributed by atoms with Crippen LogP contribution in [0.4, 0.5) is 0 Å². The summed E-state index contributed by atoms with van der Waals surface area (Å²) in [6.45, 7) is 8.02. The standard InChI is InChI=1S/C22H28N2O/c1-17-9-10-21(18(2)13-17)22(25)23-15-19-7-6-8-20(14-19)16-24-11-4-3-5-12-24/h6-10,13-14H,3-5,11-12,15-16H2,1-2H3,(H,23,25). The van der Waals surface area contributed by atoms with Crippen molar-refractivity contribution in [3.05, 3.63) is 70.3 Å². The molecule has 1 heterocycles. The molecule has 0 unspecified atom stereocenters. The smallest absolute Gasteiger partial charge is 0.251 e. The zero-order valence-electron chi connectivity index (χ0n) is 15.3. The number of rotatable bonds is 5. The molecule has 3 nitrogen and oxygen atoms in total. The normalized spacial score (nSPS) is 15.1. The fraction of sp³-hybridized carbons (Fsp3) is 0.409. The van der Waals surface area contributed by atoms with Crippen molar-refractivity contribution in [2.24, 2.45) is 0 Å². The number of benzene rings is 2. The van der Waals surface area contributed by atoms with Crippen LogP contribution < -0.4 is 5.32 Å². The highest BCUT2D eigenvalue weighted by molar-refractivity contribution is 5.95. The van der Waals surface area contributed by atoms with Crippen molar-refractivity contribution in [2.45, 2.75) is 46.2 Å². The van der Waals surface area contributed by atoms with Crippen molar-refractivity contribution >= 4 is 5.91 Å². The topological polar surface area (TPSA) is 32.3 Å². The van der Waals surface area contributed by atoms with Crippen LogP contribution in [0, 0.1) is 13.8 Å². The lowest BCUT2D eigenvalue weighted by Gasteiger charge is -2.26. The number of piperidine rings is 1. The van der Waals surface area contributed by atoms with E-state index < -0.39 is 0 Å². The molecule has 1 amide bonds. The van der Waals surface area contributed by atoms with Crippen LogP contribution in [0.1, 0.15) is 51.9 Å². The van der Waals surface area contributed by atoms with Gasteiger partial charge in [0.05, 0.1) is 0 Å². The molecular formula is C22H28N2O. The SMILES string of the molecule is Cc1ccc(C(=O)NCc2cccc(CN3CCCCC3)c2)c(C)c1. The van der Waals surface area contributed by atoms with Crippen molar-refractivity contribution in [1.29, 1.82) is 0 Å². The van der Waals surface area contributed by atoms with E-state index in [2.05, 4.69) is 34.5 Å². The summed E-state index contributed by atoms with van der Waals surface area (Å²) in [5.74, 6) is -0.000987. The van der Waals surface area contributed by atoms with Crippen LogP contribution in [0.15, 0.2) is 42.5 Å². The Morgan fingerprint density at radius 2 is 1.76 bits per heavy atom. The summed E-state index contributed by atoms with van der Waals surface area (Å²) in [6.07, 6.45) is 3.98. The number of carbonyl (C=O) groups is 1. The van der Waals surface area contributed by atoms with Crippen LogP contribution in [-0.4, -0.2) is 23.9 Å². The first-order valence-electron chi connectivity index (χ1n) is 9.27. The molecule has 2 aromatic rings. The Kier molecular flexibility index (Phi) is 5.87. The van der Waals surface area contributed by atoms with Crippen molar-refractivity contribution in [3.63, 3.8) is 0 Å². The van der Waals surface area contributed by atoms with Crippen LogP contribution in [0.3, 0.4) is 0 Å². The number of aryl methyl sites for hydroxylation is 2. The summed E-state index contributed by atoms with van der Waals surface area (Å²) in [4.78, 5) is 15.0. The quantitative estimate of drug-likeness (QED) is 0.886. The first-order valence-corrected chi connectivity index (χ1v) is 9.27. The van der Waals surface area contributed by atoms with Crippen molar-refractivity contribution in [3.8, 4) is 0 Å². The molecule has 1 aliphatic heterocycles. The van der Waals surface area contributed by atoms with Gasteiger partial charge in [-0.25, -0.2) is 0 Å². The third-order valence-corrected chi connectivity index (χ3v) is 4.93. The summed E-state index contributed by atoms with van der Waals surface area (Å²) < 4.78 is 0. The Labute approximate surface area is 151 Å². The van der Waals surface area contributed by atoms with Gasteiger partial charge in [0.2, 0.25) is 0 Å².